The van der Waals surface area contributed by atoms with E-state index in [2.05, 4.69) is 37.9 Å². The van der Waals surface area contributed by atoms with Crippen LogP contribution in [0.1, 0.15) is 34.9 Å². The fourth-order valence-corrected chi connectivity index (χ4v) is 3.49. The third-order valence-electron chi connectivity index (χ3n) is 4.70. The van der Waals surface area contributed by atoms with Gasteiger partial charge in [-0.15, -0.1) is 0 Å². The van der Waals surface area contributed by atoms with Crippen molar-refractivity contribution in [1.29, 1.82) is 0 Å². The van der Waals surface area contributed by atoms with Crippen LogP contribution >= 0.6 is 15.9 Å². The second-order valence-electron chi connectivity index (χ2n) is 6.39. The van der Waals surface area contributed by atoms with Gasteiger partial charge in [0.15, 0.2) is 0 Å². The first-order valence-corrected chi connectivity index (χ1v) is 9.32. The molecule has 1 amide bonds. The summed E-state index contributed by atoms with van der Waals surface area (Å²) in [5.74, 6) is 0.107. The number of aromatic nitrogens is 1. The second-order valence-corrected chi connectivity index (χ2v) is 7.30. The number of rotatable bonds is 5. The molecule has 1 saturated heterocycles. The van der Waals surface area contributed by atoms with Crippen LogP contribution in [0.15, 0.2) is 47.1 Å². The maximum Gasteiger partial charge on any atom is 0.270 e. The summed E-state index contributed by atoms with van der Waals surface area (Å²) in [4.78, 5) is 14.7. The van der Waals surface area contributed by atoms with Gasteiger partial charge in [-0.2, -0.15) is 0 Å². The molecular weight excluding hydrogens is 366 g/mol. The molecule has 128 valence electrons. The molecular formula is C19H24BrN3O. The first kappa shape index (κ1) is 17.2. The van der Waals surface area contributed by atoms with Crippen LogP contribution in [-0.4, -0.2) is 42.1 Å². The van der Waals surface area contributed by atoms with Crippen molar-refractivity contribution in [2.45, 2.75) is 25.3 Å². The fraction of sp³-hybridized carbons (Fsp3) is 0.421. The summed E-state index contributed by atoms with van der Waals surface area (Å²) in [5.41, 5.74) is 2.05. The van der Waals surface area contributed by atoms with Gasteiger partial charge in [0, 0.05) is 30.3 Å². The highest BCUT2D eigenvalue weighted by Crippen LogP contribution is 2.22. The minimum Gasteiger partial charge on any atom is -0.340 e. The van der Waals surface area contributed by atoms with Crippen molar-refractivity contribution in [1.82, 2.24) is 14.8 Å². The quantitative estimate of drug-likeness (QED) is 0.849. The second kappa shape index (κ2) is 7.99. The Labute approximate surface area is 152 Å². The number of nitrogens with one attached hydrogen (secondary N) is 1. The van der Waals surface area contributed by atoms with E-state index in [0.717, 1.165) is 49.1 Å². The van der Waals surface area contributed by atoms with E-state index in [1.807, 2.05) is 42.4 Å². The molecule has 0 spiro atoms. The van der Waals surface area contributed by atoms with Gasteiger partial charge in [-0.3, -0.25) is 4.79 Å². The Bertz CT molecular complexity index is 674. The Balaban J connectivity index is 1.63. The van der Waals surface area contributed by atoms with Gasteiger partial charge in [0.1, 0.15) is 5.69 Å². The van der Waals surface area contributed by atoms with Gasteiger partial charge in [0.25, 0.3) is 5.91 Å². The molecule has 0 atom stereocenters. The summed E-state index contributed by atoms with van der Waals surface area (Å²) in [5, 5.41) is 3.38. The van der Waals surface area contributed by atoms with Crippen LogP contribution in [0.3, 0.4) is 0 Å². The Kier molecular flexibility index (Phi) is 5.74. The number of hydrogen-bond acceptors (Lipinski definition) is 2. The van der Waals surface area contributed by atoms with Gasteiger partial charge in [0.05, 0.1) is 0 Å². The van der Waals surface area contributed by atoms with E-state index in [9.17, 15) is 4.79 Å². The van der Waals surface area contributed by atoms with Crippen LogP contribution < -0.4 is 5.32 Å². The zero-order valence-electron chi connectivity index (χ0n) is 14.0. The van der Waals surface area contributed by atoms with Crippen molar-refractivity contribution in [3.8, 4) is 0 Å². The lowest BCUT2D eigenvalue weighted by Gasteiger charge is -2.27. The van der Waals surface area contributed by atoms with Gasteiger partial charge in [-0.1, -0.05) is 28.1 Å². The number of amides is 1. The van der Waals surface area contributed by atoms with E-state index in [-0.39, 0.29) is 5.91 Å². The van der Waals surface area contributed by atoms with Gasteiger partial charge in [-0.05, 0) is 62.2 Å². The normalized spacial score (nSPS) is 15.4. The van der Waals surface area contributed by atoms with Crippen LogP contribution in [0, 0.1) is 0 Å². The molecule has 1 aliphatic heterocycles. The monoisotopic (exact) mass is 389 g/mol. The van der Waals surface area contributed by atoms with Crippen molar-refractivity contribution < 1.29 is 4.79 Å². The maximum atomic E-state index is 12.8. The van der Waals surface area contributed by atoms with Crippen molar-refractivity contribution in [2.24, 2.45) is 0 Å². The van der Waals surface area contributed by atoms with Crippen LogP contribution in [0.4, 0.5) is 0 Å². The molecule has 1 aromatic carbocycles. The lowest BCUT2D eigenvalue weighted by atomic mass is 10.1. The first-order chi connectivity index (χ1) is 11.6. The predicted molar refractivity (Wildman–Crippen MR) is 100 cm³/mol. The van der Waals surface area contributed by atoms with Crippen LogP contribution in [0.2, 0.25) is 0 Å². The Morgan fingerprint density at radius 2 is 1.96 bits per heavy atom. The third-order valence-corrected chi connectivity index (χ3v) is 5.22. The van der Waals surface area contributed by atoms with Crippen molar-refractivity contribution in [3.05, 3.63) is 58.3 Å². The van der Waals surface area contributed by atoms with E-state index in [1.54, 1.807) is 0 Å². The SMILES string of the molecule is CN(CCc1ccc(Br)cc1)C(=O)c1cccn1C1CCNCC1. The molecule has 0 aliphatic carbocycles. The fourth-order valence-electron chi connectivity index (χ4n) is 3.22. The molecule has 2 aromatic rings. The third kappa shape index (κ3) is 4.08. The van der Waals surface area contributed by atoms with E-state index in [0.29, 0.717) is 6.04 Å². The molecule has 1 N–H and O–H groups in total. The molecule has 5 heteroatoms. The van der Waals surface area contributed by atoms with Gasteiger partial charge >= 0.3 is 0 Å². The lowest BCUT2D eigenvalue weighted by molar-refractivity contribution is 0.0782. The molecule has 1 aliphatic rings. The molecule has 0 bridgehead atoms. The molecule has 0 saturated carbocycles. The van der Waals surface area contributed by atoms with E-state index in [1.165, 1.54) is 5.56 Å². The highest BCUT2D eigenvalue weighted by molar-refractivity contribution is 9.10. The summed E-state index contributed by atoms with van der Waals surface area (Å²) in [6, 6.07) is 12.6. The zero-order valence-corrected chi connectivity index (χ0v) is 15.6. The number of carbonyl (C=O) groups is 1. The van der Waals surface area contributed by atoms with Crippen LogP contribution in [0.5, 0.6) is 0 Å². The number of hydrogen-bond donors (Lipinski definition) is 1. The number of likely N-dealkylation sites (N-methyl/N-ethyl adjacent to an activating group) is 1. The number of nitrogens with zero attached hydrogens (tertiary/aromatic N) is 2. The molecule has 24 heavy (non-hydrogen) atoms. The van der Waals surface area contributed by atoms with Crippen molar-refractivity contribution in [2.75, 3.05) is 26.7 Å². The van der Waals surface area contributed by atoms with Crippen LogP contribution in [0.25, 0.3) is 0 Å². The van der Waals surface area contributed by atoms with Crippen molar-refractivity contribution >= 4 is 21.8 Å². The Morgan fingerprint density at radius 3 is 2.67 bits per heavy atom. The van der Waals surface area contributed by atoms with Gasteiger partial charge < -0.3 is 14.8 Å². The van der Waals surface area contributed by atoms with E-state index >= 15 is 0 Å². The summed E-state index contributed by atoms with van der Waals surface area (Å²) in [7, 11) is 1.89. The number of halogens is 1. The summed E-state index contributed by atoms with van der Waals surface area (Å²) in [6.07, 6.45) is 5.07. The molecule has 4 nitrogen and oxygen atoms in total. The predicted octanol–water partition coefficient (Wildman–Crippen LogP) is 3.49. The summed E-state index contributed by atoms with van der Waals surface area (Å²) >= 11 is 3.45. The molecule has 0 unspecified atom stereocenters. The minimum atomic E-state index is 0.107. The first-order valence-electron chi connectivity index (χ1n) is 8.52. The maximum absolute atomic E-state index is 12.8. The van der Waals surface area contributed by atoms with Crippen LogP contribution in [-0.2, 0) is 6.42 Å². The Morgan fingerprint density at radius 1 is 1.25 bits per heavy atom. The molecule has 1 fully saturated rings. The van der Waals surface area contributed by atoms with Crippen molar-refractivity contribution in [3.63, 3.8) is 0 Å². The van der Waals surface area contributed by atoms with Gasteiger partial charge in [0.2, 0.25) is 0 Å². The minimum absolute atomic E-state index is 0.107. The molecule has 0 radical (unpaired) electrons. The molecule has 3 rings (SSSR count). The highest BCUT2D eigenvalue weighted by Gasteiger charge is 2.21. The van der Waals surface area contributed by atoms with E-state index < -0.39 is 0 Å². The largest absolute Gasteiger partial charge is 0.340 e. The molecule has 1 aromatic heterocycles. The average Bonchev–Trinajstić information content (AvgIpc) is 3.11. The average molecular weight is 390 g/mol. The smallest absolute Gasteiger partial charge is 0.270 e. The number of benzene rings is 1. The summed E-state index contributed by atoms with van der Waals surface area (Å²) in [6.45, 7) is 2.77. The Hall–Kier alpha value is -1.59. The number of piperidine rings is 1. The standard InChI is InChI=1S/C19H24BrN3O/c1-22(14-10-15-4-6-16(20)7-5-15)19(24)18-3-2-13-23(18)17-8-11-21-12-9-17/h2-7,13,17,21H,8-12,14H2,1H3. The lowest BCUT2D eigenvalue weighted by Crippen LogP contribution is -2.34. The topological polar surface area (TPSA) is 37.3 Å². The zero-order chi connectivity index (χ0) is 16.9. The highest BCUT2D eigenvalue weighted by atomic mass is 79.9. The summed E-state index contributed by atoms with van der Waals surface area (Å²) < 4.78 is 3.25. The van der Waals surface area contributed by atoms with Gasteiger partial charge in [-0.25, -0.2) is 0 Å². The van der Waals surface area contributed by atoms with E-state index in [4.69, 9.17) is 0 Å². The molecule has 2 heterocycles. The number of carbonyl (C=O) groups excluding carboxylic acids is 1.